The average molecular weight is 367 g/mol. The zero-order chi connectivity index (χ0) is 18.4. The summed E-state index contributed by atoms with van der Waals surface area (Å²) in [6.07, 6.45) is 0. The van der Waals surface area contributed by atoms with E-state index in [9.17, 15) is 0 Å². The highest BCUT2D eigenvalue weighted by atomic mass is 35.5. The maximum atomic E-state index is 6.39. The molecule has 1 heteroatoms. The number of rotatable bonds is 2. The largest absolute Gasteiger partial charge is 0.0837 e. The van der Waals surface area contributed by atoms with Crippen LogP contribution < -0.4 is 0 Å². The molecular formula is C26H19Cl. The average Bonchev–Trinajstić information content (AvgIpc) is 2.99. The molecule has 0 nitrogen and oxygen atoms in total. The Bertz CT molecular complexity index is 1090. The fourth-order valence-electron chi connectivity index (χ4n) is 4.44. The van der Waals surface area contributed by atoms with E-state index in [4.69, 9.17) is 11.6 Å². The molecule has 0 amide bonds. The van der Waals surface area contributed by atoms with Crippen molar-refractivity contribution < 1.29 is 0 Å². The third-order valence-electron chi connectivity index (χ3n) is 5.87. The molecule has 0 unspecified atom stereocenters. The molecule has 0 heterocycles. The molecule has 0 aromatic heterocycles. The lowest BCUT2D eigenvalue weighted by molar-refractivity contribution is 0.714. The molecule has 0 N–H and O–H groups in total. The lowest BCUT2D eigenvalue weighted by atomic mass is 9.74. The van der Waals surface area contributed by atoms with Crippen LogP contribution in [0.1, 0.15) is 23.6 Å². The SMILES string of the molecule is CC1(c2ccc(-c3ccccc3Cl)cc2)c2ccccc2-c2ccccc21. The molecule has 4 aromatic carbocycles. The predicted octanol–water partition coefficient (Wildman–Crippen LogP) is 7.34. The Morgan fingerprint density at radius 2 is 1.04 bits per heavy atom. The first kappa shape index (κ1) is 16.4. The molecule has 0 bridgehead atoms. The second kappa shape index (κ2) is 6.11. The first-order valence-electron chi connectivity index (χ1n) is 9.24. The van der Waals surface area contributed by atoms with Gasteiger partial charge in [-0.15, -0.1) is 0 Å². The monoisotopic (exact) mass is 366 g/mol. The summed E-state index contributed by atoms with van der Waals surface area (Å²) >= 11 is 6.39. The molecule has 4 aromatic rings. The van der Waals surface area contributed by atoms with Gasteiger partial charge >= 0.3 is 0 Å². The molecule has 0 saturated carbocycles. The zero-order valence-electron chi connectivity index (χ0n) is 15.1. The van der Waals surface area contributed by atoms with Gasteiger partial charge in [-0.2, -0.15) is 0 Å². The molecule has 5 rings (SSSR count). The van der Waals surface area contributed by atoms with Crippen LogP contribution in [0, 0.1) is 0 Å². The van der Waals surface area contributed by atoms with Gasteiger partial charge in [0, 0.05) is 16.0 Å². The predicted molar refractivity (Wildman–Crippen MR) is 114 cm³/mol. The van der Waals surface area contributed by atoms with Crippen LogP contribution >= 0.6 is 11.6 Å². The van der Waals surface area contributed by atoms with Crippen molar-refractivity contribution in [3.8, 4) is 22.3 Å². The summed E-state index contributed by atoms with van der Waals surface area (Å²) in [6.45, 7) is 2.34. The Kier molecular flexibility index (Phi) is 3.70. The molecule has 0 saturated heterocycles. The van der Waals surface area contributed by atoms with Crippen LogP contribution in [-0.2, 0) is 5.41 Å². The summed E-state index contributed by atoms with van der Waals surface area (Å²) in [5, 5.41) is 0.785. The van der Waals surface area contributed by atoms with Crippen LogP contribution in [0.25, 0.3) is 22.3 Å². The van der Waals surface area contributed by atoms with Crippen molar-refractivity contribution in [2.75, 3.05) is 0 Å². The van der Waals surface area contributed by atoms with Crippen LogP contribution in [0.15, 0.2) is 97.1 Å². The topological polar surface area (TPSA) is 0 Å². The Hall–Kier alpha value is -2.83. The van der Waals surface area contributed by atoms with Gasteiger partial charge in [-0.3, -0.25) is 0 Å². The second-order valence-electron chi connectivity index (χ2n) is 7.27. The summed E-state index contributed by atoms with van der Waals surface area (Å²) in [6, 6.07) is 34.4. The van der Waals surface area contributed by atoms with Gasteiger partial charge in [-0.1, -0.05) is 103 Å². The number of hydrogen-bond acceptors (Lipinski definition) is 0. The highest BCUT2D eigenvalue weighted by molar-refractivity contribution is 6.33. The van der Waals surface area contributed by atoms with Gasteiger partial charge in [0.05, 0.1) is 0 Å². The van der Waals surface area contributed by atoms with Crippen LogP contribution in [0.2, 0.25) is 5.02 Å². The van der Waals surface area contributed by atoms with Crippen LogP contribution in [0.3, 0.4) is 0 Å². The Morgan fingerprint density at radius 1 is 0.556 bits per heavy atom. The molecule has 130 valence electrons. The van der Waals surface area contributed by atoms with Crippen molar-refractivity contribution in [3.63, 3.8) is 0 Å². The summed E-state index contributed by atoms with van der Waals surface area (Å²) in [7, 11) is 0. The summed E-state index contributed by atoms with van der Waals surface area (Å²) < 4.78 is 0. The lowest BCUT2D eigenvalue weighted by Gasteiger charge is -2.28. The van der Waals surface area contributed by atoms with Crippen molar-refractivity contribution in [2.45, 2.75) is 12.3 Å². The number of benzene rings is 4. The van der Waals surface area contributed by atoms with E-state index in [-0.39, 0.29) is 5.41 Å². The van der Waals surface area contributed by atoms with Gasteiger partial charge in [0.25, 0.3) is 0 Å². The van der Waals surface area contributed by atoms with E-state index in [2.05, 4.69) is 85.8 Å². The Balaban J connectivity index is 1.67. The van der Waals surface area contributed by atoms with Crippen molar-refractivity contribution in [2.24, 2.45) is 0 Å². The van der Waals surface area contributed by atoms with Gasteiger partial charge in [0.15, 0.2) is 0 Å². The second-order valence-corrected chi connectivity index (χ2v) is 7.68. The lowest BCUT2D eigenvalue weighted by Crippen LogP contribution is -2.22. The molecule has 0 fully saturated rings. The van der Waals surface area contributed by atoms with Gasteiger partial charge in [0.1, 0.15) is 0 Å². The normalized spacial score (nSPS) is 13.9. The summed E-state index contributed by atoms with van der Waals surface area (Å²) in [4.78, 5) is 0. The molecular weight excluding hydrogens is 348 g/mol. The van der Waals surface area contributed by atoms with Crippen molar-refractivity contribution in [1.82, 2.24) is 0 Å². The first-order valence-corrected chi connectivity index (χ1v) is 9.62. The van der Waals surface area contributed by atoms with E-state index >= 15 is 0 Å². The fraction of sp³-hybridized carbons (Fsp3) is 0.0769. The molecule has 27 heavy (non-hydrogen) atoms. The van der Waals surface area contributed by atoms with Crippen LogP contribution in [0.4, 0.5) is 0 Å². The highest BCUT2D eigenvalue weighted by Gasteiger charge is 2.40. The van der Waals surface area contributed by atoms with Gasteiger partial charge in [0.2, 0.25) is 0 Å². The van der Waals surface area contributed by atoms with Gasteiger partial charge < -0.3 is 0 Å². The number of fused-ring (bicyclic) bond motifs is 3. The standard InChI is InChI=1S/C26H19Cl/c1-26(19-16-14-18(15-17-19)20-8-4-7-13-25(20)27)23-11-5-2-9-21(23)22-10-3-6-12-24(22)26/h2-17H,1H3. The van der Waals surface area contributed by atoms with E-state index in [0.29, 0.717) is 0 Å². The third-order valence-corrected chi connectivity index (χ3v) is 6.20. The number of hydrogen-bond donors (Lipinski definition) is 0. The summed E-state index contributed by atoms with van der Waals surface area (Å²) in [5.41, 5.74) is 8.79. The molecule has 0 aliphatic heterocycles. The maximum Gasteiger partial charge on any atom is 0.0484 e. The molecule has 0 radical (unpaired) electrons. The van der Waals surface area contributed by atoms with Gasteiger partial charge in [-0.05, 0) is 46.4 Å². The number of halogens is 1. The van der Waals surface area contributed by atoms with Gasteiger partial charge in [-0.25, -0.2) is 0 Å². The minimum Gasteiger partial charge on any atom is -0.0837 e. The molecule has 1 aliphatic carbocycles. The molecule has 0 atom stereocenters. The Labute approximate surface area is 165 Å². The van der Waals surface area contributed by atoms with Crippen LogP contribution in [-0.4, -0.2) is 0 Å². The minimum absolute atomic E-state index is 0.147. The van der Waals surface area contributed by atoms with E-state index in [1.165, 1.54) is 27.8 Å². The van der Waals surface area contributed by atoms with Crippen molar-refractivity contribution in [3.05, 3.63) is 119 Å². The third kappa shape index (κ3) is 2.37. The van der Waals surface area contributed by atoms with E-state index < -0.39 is 0 Å². The van der Waals surface area contributed by atoms with Crippen molar-refractivity contribution in [1.29, 1.82) is 0 Å². The highest BCUT2D eigenvalue weighted by Crippen LogP contribution is 2.52. The Morgan fingerprint density at radius 3 is 1.59 bits per heavy atom. The van der Waals surface area contributed by atoms with Crippen LogP contribution in [0.5, 0.6) is 0 Å². The van der Waals surface area contributed by atoms with Crippen molar-refractivity contribution >= 4 is 11.6 Å². The van der Waals surface area contributed by atoms with E-state index in [1.807, 2.05) is 18.2 Å². The summed E-state index contributed by atoms with van der Waals surface area (Å²) in [5.74, 6) is 0. The fourth-order valence-corrected chi connectivity index (χ4v) is 4.69. The maximum absolute atomic E-state index is 6.39. The molecule has 1 aliphatic rings. The quantitative estimate of drug-likeness (QED) is 0.348. The minimum atomic E-state index is -0.147. The first-order chi connectivity index (χ1) is 13.2. The van der Waals surface area contributed by atoms with E-state index in [1.54, 1.807) is 0 Å². The zero-order valence-corrected chi connectivity index (χ0v) is 15.9. The smallest absolute Gasteiger partial charge is 0.0484 e. The molecule has 0 spiro atoms. The van der Waals surface area contributed by atoms with E-state index in [0.717, 1.165) is 16.1 Å².